The number of fused-ring (bicyclic) bond motifs is 1. The van der Waals surface area contributed by atoms with Crippen molar-refractivity contribution in [3.05, 3.63) is 81.1 Å². The Morgan fingerprint density at radius 1 is 1.00 bits per heavy atom. The first-order chi connectivity index (χ1) is 11.1. The first-order valence-electron chi connectivity index (χ1n) is 7.05. The zero-order valence-corrected chi connectivity index (χ0v) is 13.4. The average Bonchev–Trinajstić information content (AvgIpc) is 2.54. The zero-order valence-electron chi connectivity index (χ0n) is 12.6. The minimum absolute atomic E-state index is 0. The fourth-order valence-corrected chi connectivity index (χ4v) is 2.43. The molecular formula is C17H15ClN2O4. The molecule has 7 heteroatoms. The summed E-state index contributed by atoms with van der Waals surface area (Å²) >= 11 is 0. The molecule has 2 heterocycles. The van der Waals surface area contributed by atoms with E-state index in [1.807, 2.05) is 30.3 Å². The highest BCUT2D eigenvalue weighted by molar-refractivity contribution is 5.85. The Kier molecular flexibility index (Phi) is 5.21. The molecule has 0 aliphatic carbocycles. The minimum Gasteiger partial charge on any atom is -0.503 e. The van der Waals surface area contributed by atoms with Gasteiger partial charge < -0.3 is 14.1 Å². The number of rotatable bonds is 4. The maximum Gasteiger partial charge on any atom is 0.279 e. The molecule has 3 rings (SSSR count). The van der Waals surface area contributed by atoms with Crippen molar-refractivity contribution < 1.29 is 9.90 Å². The largest absolute Gasteiger partial charge is 0.503 e. The molecular weight excluding hydrogens is 332 g/mol. The van der Waals surface area contributed by atoms with E-state index in [0.29, 0.717) is 0 Å². The molecule has 1 aromatic carbocycles. The molecule has 0 radical (unpaired) electrons. The number of carbonyl (C=O) groups is 1. The molecule has 6 nitrogen and oxygen atoms in total. The maximum atomic E-state index is 12.4. The van der Waals surface area contributed by atoms with Gasteiger partial charge in [-0.1, -0.05) is 30.3 Å². The van der Waals surface area contributed by atoms with Crippen molar-refractivity contribution in [1.82, 2.24) is 8.97 Å². The summed E-state index contributed by atoms with van der Waals surface area (Å²) in [6, 6.07) is 10.4. The number of aromatic nitrogens is 2. The van der Waals surface area contributed by atoms with E-state index in [4.69, 9.17) is 0 Å². The molecule has 0 amide bonds. The fraction of sp³-hybridized carbons (Fsp3) is 0.118. The smallest absolute Gasteiger partial charge is 0.279 e. The summed E-state index contributed by atoms with van der Waals surface area (Å²) < 4.78 is 2.55. The van der Waals surface area contributed by atoms with E-state index in [2.05, 4.69) is 0 Å². The molecule has 124 valence electrons. The monoisotopic (exact) mass is 346 g/mol. The van der Waals surface area contributed by atoms with Gasteiger partial charge >= 0.3 is 0 Å². The Hall–Kier alpha value is -2.86. The second-order valence-corrected chi connectivity index (χ2v) is 5.22. The lowest BCUT2D eigenvalue weighted by atomic mass is 10.1. The van der Waals surface area contributed by atoms with E-state index in [-0.39, 0.29) is 36.7 Å². The standard InChI is InChI=1S/C17H14N2O4.ClH/c20-13(10-12-4-2-1-3-5-12)11-19-9-8-18-7-6-14(21)16(22)15(18)17(19)23;/h1-9,22H,10-11H2;1H. The van der Waals surface area contributed by atoms with Crippen LogP contribution in [0.5, 0.6) is 5.75 Å². The van der Waals surface area contributed by atoms with Crippen LogP contribution in [-0.2, 0) is 17.8 Å². The van der Waals surface area contributed by atoms with Gasteiger partial charge in [-0.2, -0.15) is 0 Å². The number of hydrogen-bond donors (Lipinski definition) is 1. The third-order valence-electron chi connectivity index (χ3n) is 3.56. The summed E-state index contributed by atoms with van der Waals surface area (Å²) in [4.78, 5) is 36.0. The topological polar surface area (TPSA) is 80.8 Å². The molecule has 0 aliphatic rings. The second kappa shape index (κ2) is 7.14. The van der Waals surface area contributed by atoms with Crippen LogP contribution in [0.25, 0.3) is 5.52 Å². The molecule has 24 heavy (non-hydrogen) atoms. The Morgan fingerprint density at radius 2 is 1.71 bits per heavy atom. The number of benzene rings is 1. The van der Waals surface area contributed by atoms with Gasteiger partial charge in [0.15, 0.2) is 17.0 Å². The fourth-order valence-electron chi connectivity index (χ4n) is 2.43. The van der Waals surface area contributed by atoms with Gasteiger partial charge in [0.05, 0.1) is 6.54 Å². The van der Waals surface area contributed by atoms with Gasteiger partial charge in [0.2, 0.25) is 5.43 Å². The third kappa shape index (κ3) is 3.38. The van der Waals surface area contributed by atoms with E-state index in [9.17, 15) is 19.5 Å². The van der Waals surface area contributed by atoms with Crippen LogP contribution in [0.3, 0.4) is 0 Å². The van der Waals surface area contributed by atoms with Crippen molar-refractivity contribution in [2.75, 3.05) is 0 Å². The van der Waals surface area contributed by atoms with Crippen LogP contribution >= 0.6 is 12.4 Å². The van der Waals surface area contributed by atoms with E-state index >= 15 is 0 Å². The Morgan fingerprint density at radius 3 is 2.42 bits per heavy atom. The predicted octanol–water partition coefficient (Wildman–Crippen LogP) is 1.40. The lowest BCUT2D eigenvalue weighted by Gasteiger charge is -2.08. The zero-order chi connectivity index (χ0) is 16.4. The highest BCUT2D eigenvalue weighted by Crippen LogP contribution is 2.08. The summed E-state index contributed by atoms with van der Waals surface area (Å²) in [6.45, 7) is -0.118. The van der Waals surface area contributed by atoms with E-state index in [0.717, 1.165) is 5.56 Å². The van der Waals surface area contributed by atoms with Crippen LogP contribution in [0.4, 0.5) is 0 Å². The van der Waals surface area contributed by atoms with Crippen LogP contribution in [0, 0.1) is 0 Å². The average molecular weight is 347 g/mol. The van der Waals surface area contributed by atoms with Crippen LogP contribution in [0.2, 0.25) is 0 Å². The SMILES string of the molecule is Cl.O=C(Cc1ccccc1)Cn1ccn2ccc(=O)c(O)c2c1=O. The minimum atomic E-state index is -0.629. The molecule has 0 bridgehead atoms. The summed E-state index contributed by atoms with van der Waals surface area (Å²) in [5, 5.41) is 9.80. The lowest BCUT2D eigenvalue weighted by Crippen LogP contribution is -2.27. The number of halogens is 1. The van der Waals surface area contributed by atoms with Crippen LogP contribution in [0.1, 0.15) is 5.56 Å². The highest BCUT2D eigenvalue weighted by atomic mass is 35.5. The van der Waals surface area contributed by atoms with Gasteiger partial charge in [0.25, 0.3) is 5.56 Å². The van der Waals surface area contributed by atoms with E-state index in [1.54, 1.807) is 0 Å². The summed E-state index contributed by atoms with van der Waals surface area (Å²) in [5.74, 6) is -0.747. The molecule has 0 atom stereocenters. The van der Waals surface area contributed by atoms with Gasteiger partial charge in [-0.3, -0.25) is 14.4 Å². The lowest BCUT2D eigenvalue weighted by molar-refractivity contribution is -0.119. The molecule has 0 spiro atoms. The second-order valence-electron chi connectivity index (χ2n) is 5.22. The van der Waals surface area contributed by atoms with Crippen LogP contribution < -0.4 is 11.0 Å². The Balaban J connectivity index is 0.00000208. The summed E-state index contributed by atoms with van der Waals surface area (Å²) in [5.41, 5.74) is -0.475. The van der Waals surface area contributed by atoms with Gasteiger partial charge in [0.1, 0.15) is 0 Å². The quantitative estimate of drug-likeness (QED) is 0.774. The predicted molar refractivity (Wildman–Crippen MR) is 92.0 cm³/mol. The van der Waals surface area contributed by atoms with Crippen molar-refractivity contribution in [2.45, 2.75) is 13.0 Å². The first-order valence-corrected chi connectivity index (χ1v) is 7.05. The number of ketones is 1. The van der Waals surface area contributed by atoms with Crippen LogP contribution in [0.15, 0.2) is 64.6 Å². The van der Waals surface area contributed by atoms with E-state index < -0.39 is 16.7 Å². The highest BCUT2D eigenvalue weighted by Gasteiger charge is 2.12. The first kappa shape index (κ1) is 17.5. The Bertz CT molecular complexity index is 993. The van der Waals surface area contributed by atoms with Gasteiger partial charge in [-0.05, 0) is 5.56 Å². The maximum absolute atomic E-state index is 12.4. The summed E-state index contributed by atoms with van der Waals surface area (Å²) in [7, 11) is 0. The van der Waals surface area contributed by atoms with Crippen LogP contribution in [-0.4, -0.2) is 19.9 Å². The van der Waals surface area contributed by atoms with Gasteiger partial charge in [0, 0.05) is 31.1 Å². The van der Waals surface area contributed by atoms with Crippen molar-refractivity contribution in [3.8, 4) is 5.75 Å². The summed E-state index contributed by atoms with van der Waals surface area (Å²) in [6.07, 6.45) is 4.59. The van der Waals surface area contributed by atoms with Crippen molar-refractivity contribution in [3.63, 3.8) is 0 Å². The molecule has 0 unspecified atom stereocenters. The van der Waals surface area contributed by atoms with Crippen molar-refractivity contribution >= 4 is 23.7 Å². The van der Waals surface area contributed by atoms with E-state index in [1.165, 1.54) is 33.6 Å². The third-order valence-corrected chi connectivity index (χ3v) is 3.56. The number of aromatic hydroxyl groups is 1. The van der Waals surface area contributed by atoms with Gasteiger partial charge in [-0.25, -0.2) is 0 Å². The molecule has 1 N–H and O–H groups in total. The molecule has 2 aromatic heterocycles. The van der Waals surface area contributed by atoms with Gasteiger partial charge in [-0.15, -0.1) is 12.4 Å². The number of pyridine rings is 1. The molecule has 0 aliphatic heterocycles. The molecule has 3 aromatic rings. The normalized spacial score (nSPS) is 10.3. The molecule has 0 saturated carbocycles. The van der Waals surface area contributed by atoms with Crippen molar-refractivity contribution in [2.24, 2.45) is 0 Å². The Labute approximate surface area is 143 Å². The van der Waals surface area contributed by atoms with Crippen molar-refractivity contribution in [1.29, 1.82) is 0 Å². The number of nitrogens with zero attached hydrogens (tertiary/aromatic N) is 2. The molecule has 0 fully saturated rings. The number of Topliss-reactive ketones (excluding diaryl/α,β-unsaturated/α-hetero) is 1. The molecule has 0 saturated heterocycles. The number of hydrogen-bond acceptors (Lipinski definition) is 4. The number of carbonyl (C=O) groups excluding carboxylic acids is 1.